The fraction of sp³-hybridized carbons (Fsp3) is 0.294. The first-order valence-electron chi connectivity index (χ1n) is 14.2. The zero-order valence-electron chi connectivity index (χ0n) is 25.0. The number of rotatable bonds is 12. The summed E-state index contributed by atoms with van der Waals surface area (Å²) >= 11 is 0. The van der Waals surface area contributed by atoms with Crippen molar-refractivity contribution in [2.75, 3.05) is 23.8 Å². The van der Waals surface area contributed by atoms with Crippen molar-refractivity contribution in [2.45, 2.75) is 45.6 Å². The Kier molecular flexibility index (Phi) is 9.59. The predicted octanol–water partition coefficient (Wildman–Crippen LogP) is 7.16. The Morgan fingerprint density at radius 3 is 2.36 bits per heavy atom. The third kappa shape index (κ3) is 6.68. The van der Waals surface area contributed by atoms with Crippen LogP contribution in [0.25, 0.3) is 33.4 Å². The van der Waals surface area contributed by atoms with Crippen LogP contribution in [0.3, 0.4) is 0 Å². The van der Waals surface area contributed by atoms with Crippen molar-refractivity contribution in [1.29, 1.82) is 0 Å². The summed E-state index contributed by atoms with van der Waals surface area (Å²) in [5.74, 6) is 1.70. The number of carbonyl (C=O) groups is 2. The number of furan rings is 1. The highest BCUT2D eigenvalue weighted by molar-refractivity contribution is 7.92. The van der Waals surface area contributed by atoms with Crippen molar-refractivity contribution < 1.29 is 31.2 Å². The number of alkyl halides is 1. The van der Waals surface area contributed by atoms with Gasteiger partial charge in [0.15, 0.2) is 5.78 Å². The van der Waals surface area contributed by atoms with E-state index in [-0.39, 0.29) is 53.3 Å². The maximum absolute atomic E-state index is 13.7. The molecule has 1 amide bonds. The number of carbonyl (C=O) groups excluding carboxylic acids is 2. The lowest BCUT2D eigenvalue weighted by Gasteiger charge is -2.25. The maximum Gasteiger partial charge on any atom is 0.252 e. The Morgan fingerprint density at radius 1 is 1.07 bits per heavy atom. The molecule has 44 heavy (non-hydrogen) atoms. The topological polar surface area (TPSA) is 96.7 Å². The molecular weight excluding hydrogens is 586 g/mol. The lowest BCUT2D eigenvalue weighted by atomic mass is 9.95. The number of hydrogen-bond acceptors (Lipinski definition) is 5. The van der Waals surface area contributed by atoms with Gasteiger partial charge in [0.1, 0.15) is 17.2 Å². The molecule has 7 nitrogen and oxygen atoms in total. The second kappa shape index (κ2) is 13.0. The number of terminal acetylenes is 1. The lowest BCUT2D eigenvalue weighted by Crippen LogP contribution is -2.44. The Bertz CT molecular complexity index is 1860. The molecule has 0 saturated heterocycles. The normalized spacial score (nSPS) is 12.8. The molecule has 0 saturated carbocycles. The Labute approximate surface area is 256 Å². The molecule has 10 heteroatoms. The van der Waals surface area contributed by atoms with Crippen molar-refractivity contribution >= 4 is 38.4 Å². The average molecular weight is 621 g/mol. The molecule has 1 heterocycles. The number of nitrogens with zero attached hydrogens (tertiary/aromatic N) is 1. The van der Waals surface area contributed by atoms with Gasteiger partial charge in [0.2, 0.25) is 10.0 Å². The van der Waals surface area contributed by atoms with Crippen LogP contribution in [0.2, 0.25) is 0 Å². The molecule has 0 radical (unpaired) electrons. The molecule has 0 fully saturated rings. The summed E-state index contributed by atoms with van der Waals surface area (Å²) in [7, 11) is -3.91. The van der Waals surface area contributed by atoms with E-state index >= 15 is 0 Å². The van der Waals surface area contributed by atoms with Crippen LogP contribution in [0.5, 0.6) is 0 Å². The first-order chi connectivity index (χ1) is 20.9. The van der Waals surface area contributed by atoms with Gasteiger partial charge >= 0.3 is 0 Å². The molecule has 4 rings (SSSR count). The van der Waals surface area contributed by atoms with E-state index in [9.17, 15) is 26.8 Å². The van der Waals surface area contributed by atoms with Gasteiger partial charge in [0.05, 0.1) is 29.7 Å². The van der Waals surface area contributed by atoms with Crippen LogP contribution in [0.15, 0.2) is 65.1 Å². The quantitative estimate of drug-likeness (QED) is 0.134. The van der Waals surface area contributed by atoms with Gasteiger partial charge < -0.3 is 9.73 Å². The number of hydrogen-bond donors (Lipinski definition) is 1. The van der Waals surface area contributed by atoms with E-state index in [4.69, 9.17) is 10.8 Å². The maximum atomic E-state index is 13.7. The van der Waals surface area contributed by atoms with Gasteiger partial charge in [-0.2, -0.15) is 0 Å². The minimum absolute atomic E-state index is 0.0623. The zero-order chi connectivity index (χ0) is 32.2. The Morgan fingerprint density at radius 2 is 1.77 bits per heavy atom. The number of amides is 1. The minimum Gasteiger partial charge on any atom is -0.455 e. The number of ketones is 1. The summed E-state index contributed by atoms with van der Waals surface area (Å²) in [5, 5.41) is 3.27. The van der Waals surface area contributed by atoms with Crippen LogP contribution in [0.4, 0.5) is 14.5 Å². The second-order valence-electron chi connectivity index (χ2n) is 10.7. The fourth-order valence-electron chi connectivity index (χ4n) is 4.87. The van der Waals surface area contributed by atoms with Crippen molar-refractivity contribution in [3.8, 4) is 34.8 Å². The molecular formula is C34H34F2N2O5S. The van der Waals surface area contributed by atoms with E-state index < -0.39 is 34.0 Å². The molecule has 0 aliphatic carbocycles. The van der Waals surface area contributed by atoms with Gasteiger partial charge in [-0.05, 0) is 67.8 Å². The van der Waals surface area contributed by atoms with Crippen molar-refractivity contribution in [1.82, 2.24) is 5.32 Å². The minimum atomic E-state index is -3.91. The van der Waals surface area contributed by atoms with Gasteiger partial charge in [0.25, 0.3) is 5.91 Å². The number of fused-ring (bicyclic) bond motifs is 1. The Hall–Kier alpha value is -4.49. The SMILES string of the molecule is C#CC(C)(CC)NC(=O)c1cccc(-c2cc3c(C(=O)CC)c(-c4ccc(F)cc4)oc3cc2N(CCCF)S(C)(=O)=O)c1. The van der Waals surface area contributed by atoms with Crippen molar-refractivity contribution in [3.05, 3.63) is 77.6 Å². The number of anilines is 1. The van der Waals surface area contributed by atoms with Gasteiger partial charge in [0, 0.05) is 41.1 Å². The largest absolute Gasteiger partial charge is 0.455 e. The Balaban J connectivity index is 2.02. The molecule has 0 aliphatic rings. The number of Topliss-reactive ketones (excluding diaryl/α,β-unsaturated/α-hetero) is 1. The van der Waals surface area contributed by atoms with E-state index in [0.717, 1.165) is 10.6 Å². The zero-order valence-corrected chi connectivity index (χ0v) is 25.9. The molecule has 4 aromatic rings. The van der Waals surface area contributed by atoms with Gasteiger partial charge in [-0.25, -0.2) is 12.8 Å². The number of halogens is 2. The standard InChI is InChI=1S/C34H34F2N2O5S/c1-6-29(39)31-27-20-26(23-11-9-12-24(19-23)33(40)37-34(4,7-2)8-3)28(38(18-10-17-35)44(5,41)42)21-30(27)43-32(31)22-13-15-25(36)16-14-22/h2,9,11-16,19-21H,6,8,10,17-18H2,1,3-5H3,(H,37,40). The van der Waals surface area contributed by atoms with Crippen molar-refractivity contribution in [3.63, 3.8) is 0 Å². The molecule has 1 N–H and O–H groups in total. The summed E-state index contributed by atoms with van der Waals surface area (Å²) in [6.45, 7) is 4.40. The van der Waals surface area contributed by atoms with Crippen molar-refractivity contribution in [2.24, 2.45) is 0 Å². The molecule has 0 aliphatic heterocycles. The summed E-state index contributed by atoms with van der Waals surface area (Å²) in [6.07, 6.45) is 7.25. The van der Waals surface area contributed by atoms with Gasteiger partial charge in [-0.3, -0.25) is 18.3 Å². The molecule has 1 atom stereocenters. The number of sulfonamides is 1. The molecule has 3 aromatic carbocycles. The van der Waals surface area contributed by atoms with Gasteiger partial charge in [-0.1, -0.05) is 31.9 Å². The van der Waals surface area contributed by atoms with Crippen LogP contribution < -0.4 is 9.62 Å². The highest BCUT2D eigenvalue weighted by atomic mass is 32.2. The first kappa shape index (κ1) is 32.4. The summed E-state index contributed by atoms with van der Waals surface area (Å²) in [4.78, 5) is 26.5. The average Bonchev–Trinajstić information content (AvgIpc) is 3.38. The third-order valence-corrected chi connectivity index (χ3v) is 8.71. The molecule has 1 unspecified atom stereocenters. The molecule has 230 valence electrons. The van der Waals surface area contributed by atoms with Crippen LogP contribution in [-0.2, 0) is 10.0 Å². The highest BCUT2D eigenvalue weighted by Crippen LogP contribution is 2.42. The first-order valence-corrected chi connectivity index (χ1v) is 16.0. The monoisotopic (exact) mass is 620 g/mol. The number of benzene rings is 3. The van der Waals surface area contributed by atoms with Crippen LogP contribution >= 0.6 is 0 Å². The summed E-state index contributed by atoms with van der Waals surface area (Å²) < 4.78 is 60.4. The van der Waals surface area contributed by atoms with Crippen LogP contribution in [0, 0.1) is 18.2 Å². The summed E-state index contributed by atoms with van der Waals surface area (Å²) in [6, 6.07) is 15.2. The van der Waals surface area contributed by atoms with E-state index in [1.807, 2.05) is 6.92 Å². The van der Waals surface area contributed by atoms with Gasteiger partial charge in [-0.15, -0.1) is 6.42 Å². The van der Waals surface area contributed by atoms with Crippen LogP contribution in [-0.4, -0.2) is 45.1 Å². The number of nitrogens with one attached hydrogen (secondary N) is 1. The molecule has 1 aromatic heterocycles. The smallest absolute Gasteiger partial charge is 0.252 e. The van der Waals surface area contributed by atoms with E-state index in [0.29, 0.717) is 28.5 Å². The van der Waals surface area contributed by atoms with E-state index in [1.165, 1.54) is 30.3 Å². The highest BCUT2D eigenvalue weighted by Gasteiger charge is 2.28. The van der Waals surface area contributed by atoms with E-state index in [1.54, 1.807) is 44.2 Å². The predicted molar refractivity (Wildman–Crippen MR) is 169 cm³/mol. The fourth-order valence-corrected chi connectivity index (χ4v) is 5.84. The molecule has 0 bridgehead atoms. The third-order valence-electron chi connectivity index (χ3n) is 7.53. The van der Waals surface area contributed by atoms with Crippen LogP contribution in [0.1, 0.15) is 60.7 Å². The summed E-state index contributed by atoms with van der Waals surface area (Å²) in [5.41, 5.74) is 1.38. The van der Waals surface area contributed by atoms with E-state index in [2.05, 4.69) is 11.2 Å². The molecule has 0 spiro atoms. The lowest BCUT2D eigenvalue weighted by molar-refractivity contribution is 0.0922. The second-order valence-corrected chi connectivity index (χ2v) is 12.6.